The number of anilines is 1. The van der Waals surface area contributed by atoms with Gasteiger partial charge in [-0.1, -0.05) is 41.3 Å². The molecule has 0 bridgehead atoms. The molecule has 2 aromatic heterocycles. The number of para-hydroxylation sites is 1. The highest BCUT2D eigenvalue weighted by Crippen LogP contribution is 2.35. The molecule has 0 aliphatic heterocycles. The smallest absolute Gasteiger partial charge is 0.258 e. The fourth-order valence-corrected chi connectivity index (χ4v) is 3.95. The third-order valence-electron chi connectivity index (χ3n) is 3.10. The van der Waals surface area contributed by atoms with E-state index in [-0.39, 0.29) is 10.8 Å². The second-order valence-electron chi connectivity index (χ2n) is 4.77. The number of nitrogens with one attached hydrogen (secondary N) is 2. The molecule has 0 unspecified atom stereocenters. The van der Waals surface area contributed by atoms with Crippen LogP contribution in [0.15, 0.2) is 46.1 Å². The largest absolute Gasteiger partial charge is 0.357 e. The summed E-state index contributed by atoms with van der Waals surface area (Å²) < 4.78 is 0.819. The summed E-state index contributed by atoms with van der Waals surface area (Å²) in [6, 6.07) is 7.31. The van der Waals surface area contributed by atoms with Crippen molar-refractivity contribution in [2.24, 2.45) is 0 Å². The number of fused-ring (bicyclic) bond motifs is 1. The first-order chi connectivity index (χ1) is 11.2. The molecule has 0 fully saturated rings. The minimum absolute atomic E-state index is 0.0347. The predicted octanol–water partition coefficient (Wildman–Crippen LogP) is 3.23. The van der Waals surface area contributed by atoms with Gasteiger partial charge in [-0.15, -0.1) is 16.8 Å². The Morgan fingerprint density at radius 1 is 1.43 bits per heavy atom. The monoisotopic (exact) mass is 345 g/mol. The quantitative estimate of drug-likeness (QED) is 0.527. The van der Waals surface area contributed by atoms with Crippen LogP contribution in [0, 0.1) is 0 Å². The van der Waals surface area contributed by atoms with Crippen LogP contribution in [0.1, 0.15) is 18.0 Å². The van der Waals surface area contributed by atoms with E-state index in [0.717, 1.165) is 9.47 Å². The van der Waals surface area contributed by atoms with Gasteiger partial charge in [0.25, 0.3) is 5.56 Å². The number of nitrogens with zero attached hydrogens (tertiary/aromatic N) is 3. The molecule has 23 heavy (non-hydrogen) atoms. The SMILES string of the molecule is C=CCNc1nnc(S[C@@H](C)c2nc3ccccc3c(=O)[nH]2)s1. The fraction of sp³-hybridized carbons (Fsp3) is 0.200. The predicted molar refractivity (Wildman–Crippen MR) is 95.2 cm³/mol. The van der Waals surface area contributed by atoms with Gasteiger partial charge in [0.15, 0.2) is 4.34 Å². The minimum atomic E-state index is -0.122. The molecule has 0 amide bonds. The second-order valence-corrected chi connectivity index (χ2v) is 7.34. The number of hydrogen-bond donors (Lipinski definition) is 2. The van der Waals surface area contributed by atoms with Crippen LogP contribution in [0.25, 0.3) is 10.9 Å². The Kier molecular flexibility index (Phi) is 4.73. The number of hydrogen-bond acceptors (Lipinski definition) is 7. The van der Waals surface area contributed by atoms with Gasteiger partial charge in [0.1, 0.15) is 5.82 Å². The number of aromatic nitrogens is 4. The maximum atomic E-state index is 12.1. The van der Waals surface area contributed by atoms with Gasteiger partial charge in [0, 0.05) is 6.54 Å². The lowest BCUT2D eigenvalue weighted by atomic mass is 10.2. The lowest BCUT2D eigenvalue weighted by molar-refractivity contribution is 0.916. The summed E-state index contributed by atoms with van der Waals surface area (Å²) >= 11 is 2.98. The summed E-state index contributed by atoms with van der Waals surface area (Å²) in [4.78, 5) is 19.5. The van der Waals surface area contributed by atoms with Crippen molar-refractivity contribution >= 4 is 39.1 Å². The topological polar surface area (TPSA) is 83.6 Å². The fourth-order valence-electron chi connectivity index (χ4n) is 1.99. The molecule has 0 spiro atoms. The lowest BCUT2D eigenvalue weighted by Gasteiger charge is -2.08. The number of rotatable bonds is 6. The number of thioether (sulfide) groups is 1. The van der Waals surface area contributed by atoms with E-state index in [1.165, 1.54) is 23.1 Å². The molecular formula is C15H15N5OS2. The van der Waals surface area contributed by atoms with E-state index >= 15 is 0 Å². The first-order valence-electron chi connectivity index (χ1n) is 7.01. The van der Waals surface area contributed by atoms with Gasteiger partial charge < -0.3 is 10.3 Å². The van der Waals surface area contributed by atoms with Crippen molar-refractivity contribution < 1.29 is 0 Å². The van der Waals surface area contributed by atoms with Crippen LogP contribution in [0.4, 0.5) is 5.13 Å². The van der Waals surface area contributed by atoms with Crippen LogP contribution in [0.3, 0.4) is 0 Å². The Labute approximate surface area is 141 Å². The molecule has 0 radical (unpaired) electrons. The zero-order valence-corrected chi connectivity index (χ0v) is 14.1. The van der Waals surface area contributed by atoms with E-state index in [1.54, 1.807) is 12.1 Å². The van der Waals surface area contributed by atoms with Crippen LogP contribution >= 0.6 is 23.1 Å². The highest BCUT2D eigenvalue weighted by atomic mass is 32.2. The molecule has 0 aliphatic rings. The van der Waals surface area contributed by atoms with Crippen molar-refractivity contribution in [1.82, 2.24) is 20.2 Å². The Balaban J connectivity index is 1.80. The average molecular weight is 345 g/mol. The van der Waals surface area contributed by atoms with Crippen molar-refractivity contribution in [3.05, 3.63) is 53.1 Å². The van der Waals surface area contributed by atoms with Gasteiger partial charge in [0.2, 0.25) is 5.13 Å². The van der Waals surface area contributed by atoms with Gasteiger partial charge in [-0.3, -0.25) is 4.79 Å². The normalized spacial score (nSPS) is 12.2. The third kappa shape index (κ3) is 3.59. The van der Waals surface area contributed by atoms with Crippen molar-refractivity contribution in [3.8, 4) is 0 Å². The zero-order chi connectivity index (χ0) is 16.2. The van der Waals surface area contributed by atoms with E-state index < -0.39 is 0 Å². The Bertz CT molecular complexity index is 889. The molecule has 6 nitrogen and oxygen atoms in total. The number of aromatic amines is 1. The van der Waals surface area contributed by atoms with Crippen molar-refractivity contribution in [3.63, 3.8) is 0 Å². The molecule has 2 heterocycles. The molecule has 3 rings (SSSR count). The van der Waals surface area contributed by atoms with Crippen molar-refractivity contribution in [2.45, 2.75) is 16.5 Å². The van der Waals surface area contributed by atoms with Crippen LogP contribution in [-0.4, -0.2) is 26.7 Å². The molecule has 0 aliphatic carbocycles. The van der Waals surface area contributed by atoms with Gasteiger partial charge in [-0.25, -0.2) is 4.98 Å². The summed E-state index contributed by atoms with van der Waals surface area (Å²) in [5, 5.41) is 12.6. The van der Waals surface area contributed by atoms with Crippen LogP contribution in [-0.2, 0) is 0 Å². The van der Waals surface area contributed by atoms with Crippen molar-refractivity contribution in [1.29, 1.82) is 0 Å². The van der Waals surface area contributed by atoms with E-state index in [1.807, 2.05) is 25.1 Å². The van der Waals surface area contributed by atoms with E-state index in [0.29, 0.717) is 23.3 Å². The van der Waals surface area contributed by atoms with Gasteiger partial charge in [-0.2, -0.15) is 0 Å². The molecular weight excluding hydrogens is 330 g/mol. The van der Waals surface area contributed by atoms with Gasteiger partial charge in [0.05, 0.1) is 16.2 Å². The summed E-state index contributed by atoms with van der Waals surface area (Å²) in [6.45, 7) is 6.28. The summed E-state index contributed by atoms with van der Waals surface area (Å²) in [5.41, 5.74) is 0.577. The highest BCUT2D eigenvalue weighted by molar-refractivity contribution is 8.01. The standard InChI is InChI=1S/C15H15N5OS2/c1-3-8-16-14-19-20-15(23-14)22-9(2)12-17-11-7-5-4-6-10(11)13(21)18-12/h3-7,9H,1,8H2,2H3,(H,16,19)(H,17,18,21)/t9-/m0/s1. The Morgan fingerprint density at radius 2 is 2.26 bits per heavy atom. The summed E-state index contributed by atoms with van der Waals surface area (Å²) in [5.74, 6) is 0.634. The lowest BCUT2D eigenvalue weighted by Crippen LogP contribution is -2.12. The van der Waals surface area contributed by atoms with Gasteiger partial charge >= 0.3 is 0 Å². The minimum Gasteiger partial charge on any atom is -0.357 e. The zero-order valence-electron chi connectivity index (χ0n) is 12.4. The summed E-state index contributed by atoms with van der Waals surface area (Å²) in [6.07, 6.45) is 1.76. The van der Waals surface area contributed by atoms with Crippen LogP contribution < -0.4 is 10.9 Å². The summed E-state index contributed by atoms with van der Waals surface area (Å²) in [7, 11) is 0. The van der Waals surface area contributed by atoms with Crippen LogP contribution in [0.5, 0.6) is 0 Å². The number of H-pyrrole nitrogens is 1. The Morgan fingerprint density at radius 3 is 3.09 bits per heavy atom. The van der Waals surface area contributed by atoms with Crippen molar-refractivity contribution in [2.75, 3.05) is 11.9 Å². The molecule has 1 aromatic carbocycles. The molecule has 2 N–H and O–H groups in total. The molecule has 0 saturated carbocycles. The molecule has 0 saturated heterocycles. The second kappa shape index (κ2) is 6.93. The molecule has 8 heteroatoms. The first kappa shape index (κ1) is 15.7. The van der Waals surface area contributed by atoms with E-state index in [4.69, 9.17) is 0 Å². The van der Waals surface area contributed by atoms with E-state index in [2.05, 4.69) is 32.1 Å². The van der Waals surface area contributed by atoms with Crippen LogP contribution in [0.2, 0.25) is 0 Å². The molecule has 1 atom stereocenters. The highest BCUT2D eigenvalue weighted by Gasteiger charge is 2.15. The maximum absolute atomic E-state index is 12.1. The average Bonchev–Trinajstić information content (AvgIpc) is 3.00. The Hall–Kier alpha value is -2.19. The number of benzene rings is 1. The van der Waals surface area contributed by atoms with Gasteiger partial charge in [-0.05, 0) is 19.1 Å². The maximum Gasteiger partial charge on any atom is 0.258 e. The molecule has 3 aromatic rings. The molecule has 118 valence electrons. The van der Waals surface area contributed by atoms with E-state index in [9.17, 15) is 4.79 Å². The first-order valence-corrected chi connectivity index (χ1v) is 8.71. The third-order valence-corrected chi connectivity index (χ3v) is 5.17.